The lowest BCUT2D eigenvalue weighted by molar-refractivity contribution is 1.17. The fourth-order valence-corrected chi connectivity index (χ4v) is 28.2. The number of hydrogen-bond acceptors (Lipinski definition) is 3. The second kappa shape index (κ2) is 34.0. The molecule has 0 aliphatic rings. The first-order valence-corrected chi connectivity index (χ1v) is 53.4. The molecule has 6 nitrogen and oxygen atoms in total. The van der Waals surface area contributed by atoms with Crippen LogP contribution in [0.4, 0.5) is 0 Å². The molecular weight excluding hydrogens is 1860 g/mol. The first-order chi connectivity index (χ1) is 73.9. The lowest BCUT2D eigenvalue weighted by Crippen LogP contribution is -1.96. The van der Waals surface area contributed by atoms with E-state index in [1.165, 1.54) is 280 Å². The van der Waals surface area contributed by atoms with Crippen molar-refractivity contribution in [2.24, 2.45) is 0 Å². The van der Waals surface area contributed by atoms with Gasteiger partial charge in [0.15, 0.2) is 0 Å². The molecule has 0 saturated heterocycles. The molecule has 24 aromatic carbocycles. The van der Waals surface area contributed by atoms with E-state index in [4.69, 9.17) is 0 Å². The minimum Gasteiger partial charge on any atom is -0.309 e. The van der Waals surface area contributed by atoms with E-state index in [2.05, 4.69) is 549 Å². The summed E-state index contributed by atoms with van der Waals surface area (Å²) in [5.74, 6) is 0. The Bertz CT molecular complexity index is 11300. The lowest BCUT2D eigenvalue weighted by Gasteiger charge is -2.15. The number of aromatic nitrogens is 6. The molecule has 33 aromatic rings. The summed E-state index contributed by atoms with van der Waals surface area (Å²) in [6.45, 7) is 0. The average molecular weight is 1950 g/mol. The molecule has 9 aromatic heterocycles. The third-order valence-electron chi connectivity index (χ3n) is 31.1. The predicted molar refractivity (Wildman–Crippen MR) is 641 cm³/mol. The number of para-hydroxylation sites is 7. The molecule has 0 fully saturated rings. The quantitative estimate of drug-likeness (QED) is 0.131. The molecule has 149 heavy (non-hydrogen) atoms. The van der Waals surface area contributed by atoms with Crippen molar-refractivity contribution < 1.29 is 0 Å². The van der Waals surface area contributed by atoms with Crippen molar-refractivity contribution in [3.05, 3.63) is 522 Å². The Morgan fingerprint density at radius 2 is 0.409 bits per heavy atom. The second-order valence-electron chi connectivity index (χ2n) is 39.2. The van der Waals surface area contributed by atoms with Gasteiger partial charge in [-0.2, -0.15) is 0 Å². The molecule has 0 saturated carbocycles. The predicted octanol–water partition coefficient (Wildman–Crippen LogP) is 39.7. The molecule has 0 aliphatic carbocycles. The fourth-order valence-electron chi connectivity index (χ4n) is 24.5. The molecule has 9 heterocycles. The summed E-state index contributed by atoms with van der Waals surface area (Å²) in [6, 6.07) is 191. The third kappa shape index (κ3) is 13.3. The highest BCUT2D eigenvalue weighted by Crippen LogP contribution is 2.51. The monoisotopic (exact) mass is 1950 g/mol. The summed E-state index contributed by atoms with van der Waals surface area (Å²) in [5.41, 5.74) is 31.6. The van der Waals surface area contributed by atoms with Crippen LogP contribution in [0.3, 0.4) is 0 Å². The first kappa shape index (κ1) is 84.7. The van der Waals surface area contributed by atoms with Crippen LogP contribution in [0.5, 0.6) is 0 Å². The van der Waals surface area contributed by atoms with Gasteiger partial charge < -0.3 is 27.4 Å². The van der Waals surface area contributed by atoms with Gasteiger partial charge in [-0.3, -0.25) is 0 Å². The zero-order valence-electron chi connectivity index (χ0n) is 80.6. The van der Waals surface area contributed by atoms with Gasteiger partial charge in [-0.1, -0.05) is 364 Å². The van der Waals surface area contributed by atoms with Crippen LogP contribution in [0.1, 0.15) is 0 Å². The van der Waals surface area contributed by atoms with Crippen molar-refractivity contribution in [2.45, 2.75) is 0 Å². The average Bonchev–Trinajstić information content (AvgIpc) is 1.56. The maximum absolute atomic E-state index is 2.49. The van der Waals surface area contributed by atoms with E-state index in [1.54, 1.807) is 0 Å². The molecule has 33 rings (SSSR count). The van der Waals surface area contributed by atoms with Gasteiger partial charge in [0.1, 0.15) is 0 Å². The minimum atomic E-state index is 1.15. The number of hydrogen-bond donors (Lipinski definition) is 0. The highest BCUT2D eigenvalue weighted by atomic mass is 32.1. The normalized spacial score (nSPS) is 12.0. The Labute approximate surface area is 867 Å². The maximum Gasteiger partial charge on any atom is 0.0549 e. The minimum absolute atomic E-state index is 1.15. The fraction of sp³-hybridized carbons (Fsp3) is 0. The molecule has 0 bridgehead atoms. The molecule has 0 radical (unpaired) electrons. The summed E-state index contributed by atoms with van der Waals surface area (Å²) >= 11 is 5.66. The first-order valence-electron chi connectivity index (χ1n) is 51.0. The van der Waals surface area contributed by atoms with E-state index in [0.717, 1.165) is 11.4 Å². The summed E-state index contributed by atoms with van der Waals surface area (Å²) in [7, 11) is 0. The number of benzene rings is 24. The van der Waals surface area contributed by atoms with Crippen molar-refractivity contribution in [2.75, 3.05) is 0 Å². The van der Waals surface area contributed by atoms with Crippen LogP contribution in [-0.2, 0) is 0 Å². The summed E-state index contributed by atoms with van der Waals surface area (Å²) in [4.78, 5) is 0. The molecule has 0 spiro atoms. The zero-order valence-corrected chi connectivity index (χ0v) is 83.0. The Morgan fingerprint density at radius 1 is 0.121 bits per heavy atom. The number of nitrogens with zero attached hydrogens (tertiary/aromatic N) is 6. The highest BCUT2D eigenvalue weighted by Gasteiger charge is 2.27. The molecule has 694 valence electrons. The van der Waals surface area contributed by atoms with Gasteiger partial charge in [0.05, 0.1) is 71.9 Å². The van der Waals surface area contributed by atoms with Crippen LogP contribution in [0.25, 0.3) is 292 Å². The smallest absolute Gasteiger partial charge is 0.0549 e. The number of fused-ring (bicyclic) bond motifs is 29. The van der Waals surface area contributed by atoms with Gasteiger partial charge in [0.2, 0.25) is 0 Å². The standard InChI is InChI=1S/C48H30N2S.2C46H28N2S/c1-3-12-31(13-4-1)33-24-27-38-42-30-45-41(37-16-7-9-20-43(37)49(45)34-14-5-2-6-15-34)29-46(42)50(44(38)28-33)35-25-22-32(23-26-35)36-18-11-19-40-39-17-8-10-21-47(39)51-48(36)40;1-2-11-31-26-33(25-20-29(31)10-1)48-42-18-7-4-13-36(42)40-27-43-39(28-44(40)48)35-12-3-6-17-41(35)47(43)32-23-21-30(22-24-32)34-15-9-16-38-37-14-5-8-19-45(37)49-46(34)38;1-2-13-29(14-3-1)47-40-22-9-6-17-33(40)38-28-44-39(27-43(38)47)34-18-7-10-23-41(34)48(44)42-26-25-31(30-15-4-5-16-32(30)42)36-20-12-21-37-35-19-8-11-24-45(35)49-46(36)37/h1-30H;2*1-28H. The van der Waals surface area contributed by atoms with Crippen molar-refractivity contribution in [3.8, 4) is 78.6 Å². The van der Waals surface area contributed by atoms with E-state index in [1.807, 2.05) is 34.0 Å². The second-order valence-corrected chi connectivity index (χ2v) is 42.3. The van der Waals surface area contributed by atoms with E-state index in [-0.39, 0.29) is 0 Å². The maximum atomic E-state index is 2.49. The van der Waals surface area contributed by atoms with E-state index in [9.17, 15) is 0 Å². The molecule has 0 aliphatic heterocycles. The van der Waals surface area contributed by atoms with Crippen LogP contribution >= 0.6 is 34.0 Å². The van der Waals surface area contributed by atoms with E-state index < -0.39 is 0 Å². The largest absolute Gasteiger partial charge is 0.309 e. The van der Waals surface area contributed by atoms with E-state index in [0.29, 0.717) is 0 Å². The number of rotatable bonds is 10. The van der Waals surface area contributed by atoms with Crippen LogP contribution in [-0.4, -0.2) is 27.4 Å². The van der Waals surface area contributed by atoms with Gasteiger partial charge in [-0.05, 0) is 213 Å². The van der Waals surface area contributed by atoms with Crippen molar-refractivity contribution in [1.29, 1.82) is 0 Å². The molecule has 0 unspecified atom stereocenters. The van der Waals surface area contributed by atoms with Gasteiger partial charge in [0.25, 0.3) is 0 Å². The van der Waals surface area contributed by atoms with Gasteiger partial charge in [-0.25, -0.2) is 0 Å². The van der Waals surface area contributed by atoms with Crippen molar-refractivity contribution in [1.82, 2.24) is 27.4 Å². The van der Waals surface area contributed by atoms with E-state index >= 15 is 0 Å². The SMILES string of the molecule is c1ccc(-c2ccc3c4cc5c(cc4n(-c4ccc(-c6cccc7c6sc6ccccc67)cc4)c3c2)c2ccccc2n5-c2ccccc2)cc1.c1ccc(-n2c3ccccc3c3cc4c(cc32)c2ccccc2n4-c2ccc(-c3cccc4c3sc3ccccc34)c3ccccc23)cc1.c1ccc2cc(-n3c4ccccc4c4cc5c(cc43)c3ccccc3n5-c3ccc(-c4cccc5c4sc4ccccc45)cc3)ccc2c1. The van der Waals surface area contributed by atoms with Gasteiger partial charge in [-0.15, -0.1) is 34.0 Å². The molecule has 0 N–H and O–H groups in total. The third-order valence-corrected chi connectivity index (χ3v) is 34.8. The summed E-state index contributed by atoms with van der Waals surface area (Å²) in [6.07, 6.45) is 0. The van der Waals surface area contributed by atoms with Crippen molar-refractivity contribution in [3.63, 3.8) is 0 Å². The Kier molecular flexibility index (Phi) is 19.3. The van der Waals surface area contributed by atoms with Crippen LogP contribution in [0, 0.1) is 0 Å². The van der Waals surface area contributed by atoms with Gasteiger partial charge in [0, 0.05) is 165 Å². The summed E-state index contributed by atoms with van der Waals surface area (Å²) < 4.78 is 22.7. The van der Waals surface area contributed by atoms with Crippen molar-refractivity contribution >= 4 is 247 Å². The molecule has 0 atom stereocenters. The molecule has 0 amide bonds. The molecule has 9 heteroatoms. The van der Waals surface area contributed by atoms with Gasteiger partial charge >= 0.3 is 0 Å². The summed E-state index contributed by atoms with van der Waals surface area (Å²) in [5, 5.41) is 28.0. The lowest BCUT2D eigenvalue weighted by atomic mass is 9.95. The molecular formula is C140H86N6S3. The highest BCUT2D eigenvalue weighted by molar-refractivity contribution is 7.27. The van der Waals surface area contributed by atoms with Crippen LogP contribution in [0.2, 0.25) is 0 Å². The van der Waals surface area contributed by atoms with Crippen LogP contribution < -0.4 is 0 Å². The number of thiophene rings is 3. The topological polar surface area (TPSA) is 29.6 Å². The Hall–Kier alpha value is -18.7. The zero-order chi connectivity index (χ0) is 97.6. The Morgan fingerprint density at radius 3 is 0.839 bits per heavy atom. The van der Waals surface area contributed by atoms with Crippen LogP contribution in [0.15, 0.2) is 522 Å². The Balaban J connectivity index is 0.000000101.